The van der Waals surface area contributed by atoms with Crippen molar-refractivity contribution in [2.45, 2.75) is 46.0 Å². The highest BCUT2D eigenvalue weighted by atomic mass is 19.4. The molecule has 0 saturated carbocycles. The van der Waals surface area contributed by atoms with Crippen LogP contribution in [0.5, 0.6) is 0 Å². The molecular formula is C17H25F3N2O2. The Kier molecular flexibility index (Phi) is 6.66. The summed E-state index contributed by atoms with van der Waals surface area (Å²) in [6.45, 7) is 6.18. The predicted octanol–water partition coefficient (Wildman–Crippen LogP) is 3.64. The van der Waals surface area contributed by atoms with Gasteiger partial charge in [0.2, 0.25) is 0 Å². The first-order chi connectivity index (χ1) is 10.9. The van der Waals surface area contributed by atoms with Gasteiger partial charge in [0, 0.05) is 20.1 Å². The number of aliphatic hydroxyl groups excluding tert-OH is 1. The molecule has 0 aromatic heterocycles. The molecule has 136 valence electrons. The van der Waals surface area contributed by atoms with E-state index in [0.717, 1.165) is 12.1 Å². The van der Waals surface area contributed by atoms with Crippen molar-refractivity contribution in [3.8, 4) is 0 Å². The first-order valence-electron chi connectivity index (χ1n) is 7.74. The third kappa shape index (κ3) is 6.78. The van der Waals surface area contributed by atoms with Crippen molar-refractivity contribution in [1.29, 1.82) is 0 Å². The lowest BCUT2D eigenvalue weighted by molar-refractivity contribution is -0.137. The van der Waals surface area contributed by atoms with Gasteiger partial charge < -0.3 is 15.3 Å². The number of nitrogens with one attached hydrogen (secondary N) is 1. The van der Waals surface area contributed by atoms with Crippen LogP contribution in [0.2, 0.25) is 0 Å². The van der Waals surface area contributed by atoms with Crippen LogP contribution in [-0.2, 0) is 12.7 Å². The first-order valence-corrected chi connectivity index (χ1v) is 7.74. The maximum atomic E-state index is 12.5. The Morgan fingerprint density at radius 3 is 2.25 bits per heavy atom. The summed E-state index contributed by atoms with van der Waals surface area (Å²) in [7, 11) is 1.58. The number of halogens is 3. The van der Waals surface area contributed by atoms with E-state index in [1.807, 2.05) is 13.8 Å². The number of hydrogen-bond acceptors (Lipinski definition) is 2. The number of nitrogens with zero attached hydrogens (tertiary/aromatic N) is 1. The topological polar surface area (TPSA) is 52.6 Å². The number of aliphatic hydroxyl groups is 1. The second kappa shape index (κ2) is 7.88. The van der Waals surface area contributed by atoms with Gasteiger partial charge in [-0.15, -0.1) is 0 Å². The fraction of sp³-hybridized carbons (Fsp3) is 0.588. The van der Waals surface area contributed by atoms with Crippen LogP contribution in [0.25, 0.3) is 0 Å². The Bertz CT molecular complexity index is 540. The molecule has 0 aliphatic rings. The quantitative estimate of drug-likeness (QED) is 0.826. The molecule has 1 rings (SSSR count). The molecule has 2 N–H and O–H groups in total. The molecule has 0 radical (unpaired) electrons. The number of carbonyl (C=O) groups is 1. The minimum absolute atomic E-state index is 0.209. The number of benzene rings is 1. The van der Waals surface area contributed by atoms with E-state index in [0.29, 0.717) is 18.5 Å². The molecule has 0 heterocycles. The van der Waals surface area contributed by atoms with Crippen molar-refractivity contribution >= 4 is 6.03 Å². The van der Waals surface area contributed by atoms with Crippen molar-refractivity contribution in [3.63, 3.8) is 0 Å². The Hall–Kier alpha value is -1.76. The van der Waals surface area contributed by atoms with Gasteiger partial charge in [-0.1, -0.05) is 26.0 Å². The van der Waals surface area contributed by atoms with Gasteiger partial charge in [-0.25, -0.2) is 4.79 Å². The van der Waals surface area contributed by atoms with Crippen LogP contribution in [0.3, 0.4) is 0 Å². The van der Waals surface area contributed by atoms with Crippen LogP contribution in [-0.4, -0.2) is 35.7 Å². The van der Waals surface area contributed by atoms with Crippen molar-refractivity contribution in [3.05, 3.63) is 35.4 Å². The molecule has 24 heavy (non-hydrogen) atoms. The Balaban J connectivity index is 2.55. The maximum absolute atomic E-state index is 12.5. The van der Waals surface area contributed by atoms with Gasteiger partial charge in [-0.2, -0.15) is 13.2 Å². The van der Waals surface area contributed by atoms with Crippen molar-refractivity contribution in [1.82, 2.24) is 10.2 Å². The predicted molar refractivity (Wildman–Crippen MR) is 86.4 cm³/mol. The van der Waals surface area contributed by atoms with E-state index >= 15 is 0 Å². The minimum Gasteiger partial charge on any atom is -0.393 e. The molecule has 0 fully saturated rings. The van der Waals surface area contributed by atoms with E-state index in [4.69, 9.17) is 0 Å². The number of urea groups is 1. The third-order valence-electron chi connectivity index (χ3n) is 3.61. The molecule has 2 amide bonds. The van der Waals surface area contributed by atoms with Gasteiger partial charge in [-0.3, -0.25) is 0 Å². The Morgan fingerprint density at radius 2 is 1.79 bits per heavy atom. The summed E-state index contributed by atoms with van der Waals surface area (Å²) >= 11 is 0. The minimum atomic E-state index is -4.36. The molecule has 0 spiro atoms. The monoisotopic (exact) mass is 346 g/mol. The number of carbonyl (C=O) groups excluding carboxylic acids is 1. The van der Waals surface area contributed by atoms with Crippen LogP contribution < -0.4 is 5.32 Å². The summed E-state index contributed by atoms with van der Waals surface area (Å²) in [6.07, 6.45) is -4.27. The molecule has 1 aromatic carbocycles. The molecule has 4 nitrogen and oxygen atoms in total. The Morgan fingerprint density at radius 1 is 1.25 bits per heavy atom. The zero-order valence-corrected chi connectivity index (χ0v) is 14.4. The highest BCUT2D eigenvalue weighted by Gasteiger charge is 2.30. The Labute approximate surface area is 140 Å². The van der Waals surface area contributed by atoms with Gasteiger partial charge in [0.05, 0.1) is 11.7 Å². The standard InChI is InChI=1S/C17H25F3N2O2/c1-12(23)9-16(2,3)11-21-15(24)22(4)10-13-5-7-14(8-6-13)17(18,19)20/h5-8,12,23H,9-11H2,1-4H3,(H,21,24). The zero-order chi connectivity index (χ0) is 18.5. The molecule has 1 atom stereocenters. The average molecular weight is 346 g/mol. The smallest absolute Gasteiger partial charge is 0.393 e. The number of rotatable bonds is 6. The van der Waals surface area contributed by atoms with E-state index in [2.05, 4.69) is 5.32 Å². The van der Waals surface area contributed by atoms with E-state index in [1.54, 1.807) is 14.0 Å². The lowest BCUT2D eigenvalue weighted by atomic mass is 9.87. The number of hydrogen-bond donors (Lipinski definition) is 2. The van der Waals surface area contributed by atoms with Crippen molar-refractivity contribution in [2.24, 2.45) is 5.41 Å². The van der Waals surface area contributed by atoms with Crippen LogP contribution in [0.4, 0.5) is 18.0 Å². The average Bonchev–Trinajstić information content (AvgIpc) is 2.43. The summed E-state index contributed by atoms with van der Waals surface area (Å²) in [4.78, 5) is 13.5. The first kappa shape index (κ1) is 20.3. The summed E-state index contributed by atoms with van der Waals surface area (Å²) in [5, 5.41) is 12.2. The van der Waals surface area contributed by atoms with Crippen LogP contribution in [0, 0.1) is 5.41 Å². The fourth-order valence-electron chi connectivity index (χ4n) is 2.47. The van der Waals surface area contributed by atoms with E-state index < -0.39 is 17.8 Å². The second-order valence-corrected chi connectivity index (χ2v) is 6.93. The van der Waals surface area contributed by atoms with Gasteiger partial charge >= 0.3 is 12.2 Å². The third-order valence-corrected chi connectivity index (χ3v) is 3.61. The van der Waals surface area contributed by atoms with Crippen LogP contribution in [0.15, 0.2) is 24.3 Å². The van der Waals surface area contributed by atoms with Gasteiger partial charge in [0.1, 0.15) is 0 Å². The number of amides is 2. The SMILES string of the molecule is CC(O)CC(C)(C)CNC(=O)N(C)Cc1ccc(C(F)(F)F)cc1. The van der Waals surface area contributed by atoms with Crippen LogP contribution >= 0.6 is 0 Å². The number of alkyl halides is 3. The van der Waals surface area contributed by atoms with Crippen molar-refractivity contribution < 1.29 is 23.1 Å². The molecule has 1 unspecified atom stereocenters. The molecule has 0 aliphatic carbocycles. The maximum Gasteiger partial charge on any atom is 0.416 e. The zero-order valence-electron chi connectivity index (χ0n) is 14.4. The van der Waals surface area contributed by atoms with E-state index in [1.165, 1.54) is 17.0 Å². The lowest BCUT2D eigenvalue weighted by Gasteiger charge is -2.28. The van der Waals surface area contributed by atoms with E-state index in [-0.39, 0.29) is 18.0 Å². The summed E-state index contributed by atoms with van der Waals surface area (Å²) in [6, 6.07) is 4.43. The molecule has 0 bridgehead atoms. The normalized spacial score (nSPS) is 13.5. The van der Waals surface area contributed by atoms with Crippen molar-refractivity contribution in [2.75, 3.05) is 13.6 Å². The van der Waals surface area contributed by atoms with Gasteiger partial charge in [0.25, 0.3) is 0 Å². The second-order valence-electron chi connectivity index (χ2n) is 6.93. The largest absolute Gasteiger partial charge is 0.416 e. The lowest BCUT2D eigenvalue weighted by Crippen LogP contribution is -2.42. The molecule has 0 saturated heterocycles. The summed E-state index contributed by atoms with van der Waals surface area (Å²) in [5.41, 5.74) is -0.346. The van der Waals surface area contributed by atoms with Gasteiger partial charge in [-0.05, 0) is 36.5 Å². The molecule has 7 heteroatoms. The van der Waals surface area contributed by atoms with E-state index in [9.17, 15) is 23.1 Å². The highest BCUT2D eigenvalue weighted by Crippen LogP contribution is 2.29. The fourth-order valence-corrected chi connectivity index (χ4v) is 2.47. The summed E-state index contributed by atoms with van der Waals surface area (Å²) in [5.74, 6) is 0. The molecule has 0 aliphatic heterocycles. The molecular weight excluding hydrogens is 321 g/mol. The highest BCUT2D eigenvalue weighted by molar-refractivity contribution is 5.73. The summed E-state index contributed by atoms with van der Waals surface area (Å²) < 4.78 is 37.6. The van der Waals surface area contributed by atoms with Crippen LogP contribution in [0.1, 0.15) is 38.3 Å². The molecule has 1 aromatic rings. The van der Waals surface area contributed by atoms with Gasteiger partial charge in [0.15, 0.2) is 0 Å².